The van der Waals surface area contributed by atoms with E-state index in [9.17, 15) is 4.79 Å². The number of rotatable bonds is 0. The van der Waals surface area contributed by atoms with Crippen molar-refractivity contribution in [3.05, 3.63) is 30.3 Å². The van der Waals surface area contributed by atoms with Crippen LogP contribution in [0.2, 0.25) is 0 Å². The third-order valence-electron chi connectivity index (χ3n) is 2.12. The highest BCUT2D eigenvalue weighted by molar-refractivity contribution is 5.80. The lowest BCUT2D eigenvalue weighted by atomic mass is 10.1. The Kier molecular flexibility index (Phi) is 3.98. The van der Waals surface area contributed by atoms with Gasteiger partial charge in [-0.25, -0.2) is 0 Å². The molecule has 1 aromatic rings. The lowest BCUT2D eigenvalue weighted by Gasteiger charge is -1.90. The minimum atomic E-state index is 0.208. The summed E-state index contributed by atoms with van der Waals surface area (Å²) in [6.45, 7) is 2.82. The number of benzene rings is 1. The van der Waals surface area contributed by atoms with Crippen molar-refractivity contribution in [2.45, 2.75) is 13.3 Å². The SMILES string of the molecule is CC1CCNC1=O.Nc1ccccc1. The number of hydrogen-bond donors (Lipinski definition) is 2. The van der Waals surface area contributed by atoms with Crippen molar-refractivity contribution in [3.63, 3.8) is 0 Å². The number of amides is 1. The Bertz CT molecular complexity index is 285. The number of nitrogens with one attached hydrogen (secondary N) is 1. The predicted octanol–water partition coefficient (Wildman–Crippen LogP) is 1.41. The van der Waals surface area contributed by atoms with Gasteiger partial charge in [-0.3, -0.25) is 4.79 Å². The van der Waals surface area contributed by atoms with E-state index in [1.807, 2.05) is 37.3 Å². The quantitative estimate of drug-likeness (QED) is 0.611. The number of para-hydroxylation sites is 1. The van der Waals surface area contributed by atoms with Crippen molar-refractivity contribution in [1.82, 2.24) is 5.32 Å². The Morgan fingerprint density at radius 2 is 2.00 bits per heavy atom. The van der Waals surface area contributed by atoms with Crippen LogP contribution in [0, 0.1) is 5.92 Å². The van der Waals surface area contributed by atoms with E-state index in [4.69, 9.17) is 5.73 Å². The standard InChI is InChI=1S/C6H7N.C5H9NO/c7-6-4-2-1-3-5-6;1-4-2-3-6-5(4)7/h1-5H,7H2;4H,2-3H2,1H3,(H,6,7). The third-order valence-corrected chi connectivity index (χ3v) is 2.12. The summed E-state index contributed by atoms with van der Waals surface area (Å²) < 4.78 is 0. The zero-order valence-corrected chi connectivity index (χ0v) is 8.36. The molecule has 76 valence electrons. The second-order valence-electron chi connectivity index (χ2n) is 3.39. The lowest BCUT2D eigenvalue weighted by Crippen LogP contribution is -2.16. The smallest absolute Gasteiger partial charge is 0.222 e. The molecule has 3 N–H and O–H groups in total. The molecule has 3 heteroatoms. The topological polar surface area (TPSA) is 55.1 Å². The maximum Gasteiger partial charge on any atom is 0.222 e. The molecule has 1 atom stereocenters. The zero-order valence-electron chi connectivity index (χ0n) is 8.36. The van der Waals surface area contributed by atoms with E-state index in [1.54, 1.807) is 0 Å². The normalized spacial score (nSPS) is 19.5. The maximum absolute atomic E-state index is 10.5. The molecule has 1 saturated heterocycles. The molecule has 0 aromatic heterocycles. The van der Waals surface area contributed by atoms with E-state index in [0.29, 0.717) is 0 Å². The van der Waals surface area contributed by atoms with E-state index in [1.165, 1.54) is 0 Å². The summed E-state index contributed by atoms with van der Waals surface area (Å²) in [5.41, 5.74) is 6.18. The van der Waals surface area contributed by atoms with Gasteiger partial charge in [0.15, 0.2) is 0 Å². The summed E-state index contributed by atoms with van der Waals surface area (Å²) in [6.07, 6.45) is 1.01. The molecule has 1 aliphatic heterocycles. The summed E-state index contributed by atoms with van der Waals surface area (Å²) in [5, 5.41) is 2.73. The van der Waals surface area contributed by atoms with Crippen molar-refractivity contribution < 1.29 is 4.79 Å². The Labute approximate surface area is 84.3 Å². The number of carbonyl (C=O) groups excluding carboxylic acids is 1. The number of carbonyl (C=O) groups is 1. The van der Waals surface area contributed by atoms with Gasteiger partial charge >= 0.3 is 0 Å². The minimum Gasteiger partial charge on any atom is -0.399 e. The van der Waals surface area contributed by atoms with Gasteiger partial charge in [0.2, 0.25) is 5.91 Å². The van der Waals surface area contributed by atoms with E-state index < -0.39 is 0 Å². The highest BCUT2D eigenvalue weighted by Crippen LogP contribution is 2.05. The van der Waals surface area contributed by atoms with E-state index in [-0.39, 0.29) is 11.8 Å². The first-order valence-electron chi connectivity index (χ1n) is 4.78. The van der Waals surface area contributed by atoms with Crippen LogP contribution in [0.4, 0.5) is 5.69 Å². The molecule has 0 bridgehead atoms. The average Bonchev–Trinajstić information content (AvgIpc) is 2.53. The van der Waals surface area contributed by atoms with Gasteiger partial charge in [-0.05, 0) is 18.6 Å². The fourth-order valence-corrected chi connectivity index (χ4v) is 1.17. The highest BCUT2D eigenvalue weighted by Gasteiger charge is 2.17. The summed E-state index contributed by atoms with van der Waals surface area (Å²) in [4.78, 5) is 10.5. The van der Waals surface area contributed by atoms with Gasteiger partial charge in [0.25, 0.3) is 0 Å². The molecule has 0 spiro atoms. The van der Waals surface area contributed by atoms with Crippen molar-refractivity contribution in [3.8, 4) is 0 Å². The summed E-state index contributed by atoms with van der Waals surface area (Å²) in [6, 6.07) is 9.49. The molecule has 2 rings (SSSR count). The van der Waals surface area contributed by atoms with Crippen LogP contribution in [0.25, 0.3) is 0 Å². The van der Waals surface area contributed by atoms with Crippen LogP contribution in [0.1, 0.15) is 13.3 Å². The number of anilines is 1. The molecular weight excluding hydrogens is 176 g/mol. The zero-order chi connectivity index (χ0) is 10.4. The Morgan fingerprint density at radius 3 is 2.21 bits per heavy atom. The molecular formula is C11H16N2O. The van der Waals surface area contributed by atoms with Gasteiger partial charge < -0.3 is 11.1 Å². The van der Waals surface area contributed by atoms with Crippen LogP contribution in [-0.4, -0.2) is 12.5 Å². The molecule has 1 amide bonds. The fourth-order valence-electron chi connectivity index (χ4n) is 1.17. The summed E-state index contributed by atoms with van der Waals surface area (Å²) >= 11 is 0. The highest BCUT2D eigenvalue weighted by atomic mass is 16.2. The van der Waals surface area contributed by atoms with Gasteiger partial charge in [0, 0.05) is 18.2 Å². The molecule has 1 heterocycles. The lowest BCUT2D eigenvalue weighted by molar-refractivity contribution is -0.121. The van der Waals surface area contributed by atoms with Crippen molar-refractivity contribution in [2.24, 2.45) is 5.92 Å². The first kappa shape index (κ1) is 10.6. The molecule has 1 aromatic carbocycles. The van der Waals surface area contributed by atoms with Crippen molar-refractivity contribution in [1.29, 1.82) is 0 Å². The van der Waals surface area contributed by atoms with Crippen LogP contribution < -0.4 is 11.1 Å². The van der Waals surface area contributed by atoms with Crippen LogP contribution >= 0.6 is 0 Å². The summed E-state index contributed by atoms with van der Waals surface area (Å²) in [7, 11) is 0. The molecule has 0 radical (unpaired) electrons. The van der Waals surface area contributed by atoms with Gasteiger partial charge in [-0.2, -0.15) is 0 Å². The van der Waals surface area contributed by atoms with Gasteiger partial charge in [0.05, 0.1) is 0 Å². The maximum atomic E-state index is 10.5. The van der Waals surface area contributed by atoms with Crippen molar-refractivity contribution >= 4 is 11.6 Å². The van der Waals surface area contributed by atoms with E-state index >= 15 is 0 Å². The summed E-state index contributed by atoms with van der Waals surface area (Å²) in [5.74, 6) is 0.472. The number of hydrogen-bond acceptors (Lipinski definition) is 2. The molecule has 1 aliphatic rings. The molecule has 1 fully saturated rings. The first-order chi connectivity index (χ1) is 6.70. The molecule has 1 unspecified atom stereocenters. The monoisotopic (exact) mass is 192 g/mol. The van der Waals surface area contributed by atoms with Crippen LogP contribution in [0.3, 0.4) is 0 Å². The molecule has 3 nitrogen and oxygen atoms in total. The predicted molar refractivity (Wildman–Crippen MR) is 57.6 cm³/mol. The molecule has 0 aliphatic carbocycles. The fraction of sp³-hybridized carbons (Fsp3) is 0.364. The molecule has 14 heavy (non-hydrogen) atoms. The average molecular weight is 192 g/mol. The largest absolute Gasteiger partial charge is 0.399 e. The van der Waals surface area contributed by atoms with Crippen LogP contribution in [0.15, 0.2) is 30.3 Å². The number of nitrogen functional groups attached to an aromatic ring is 1. The van der Waals surface area contributed by atoms with E-state index in [2.05, 4.69) is 5.32 Å². The second kappa shape index (κ2) is 5.27. The third kappa shape index (κ3) is 3.47. The van der Waals surface area contributed by atoms with Gasteiger partial charge in [-0.15, -0.1) is 0 Å². The van der Waals surface area contributed by atoms with Crippen LogP contribution in [0.5, 0.6) is 0 Å². The van der Waals surface area contributed by atoms with Gasteiger partial charge in [0.1, 0.15) is 0 Å². The minimum absolute atomic E-state index is 0.208. The second-order valence-corrected chi connectivity index (χ2v) is 3.39. The number of nitrogens with two attached hydrogens (primary N) is 1. The Morgan fingerprint density at radius 1 is 1.36 bits per heavy atom. The van der Waals surface area contributed by atoms with Crippen molar-refractivity contribution in [2.75, 3.05) is 12.3 Å². The van der Waals surface area contributed by atoms with Crippen LogP contribution in [-0.2, 0) is 4.79 Å². The Hall–Kier alpha value is -1.51. The Balaban J connectivity index is 0.000000140. The van der Waals surface area contributed by atoms with E-state index in [0.717, 1.165) is 18.7 Å². The molecule has 0 saturated carbocycles. The first-order valence-corrected chi connectivity index (χ1v) is 4.78. The van der Waals surface area contributed by atoms with Gasteiger partial charge in [-0.1, -0.05) is 25.1 Å².